The second kappa shape index (κ2) is 10.9. The highest BCUT2D eigenvalue weighted by Crippen LogP contribution is 2.07. The van der Waals surface area contributed by atoms with Crippen LogP contribution in [0.1, 0.15) is 32.3 Å². The van der Waals surface area contributed by atoms with Crippen LogP contribution in [0.2, 0.25) is 0 Å². The van der Waals surface area contributed by atoms with Gasteiger partial charge in [0.25, 0.3) is 0 Å². The van der Waals surface area contributed by atoms with Gasteiger partial charge in [-0.05, 0) is 25.3 Å². The molecule has 0 aliphatic rings. The number of hydrogen-bond acceptors (Lipinski definition) is 4. The van der Waals surface area contributed by atoms with Crippen molar-refractivity contribution < 1.29 is 14.3 Å². The number of ether oxygens (including phenoxy) is 2. The van der Waals surface area contributed by atoms with Crippen LogP contribution in [0.4, 0.5) is 4.79 Å². The normalized spacial score (nSPS) is 10.2. The summed E-state index contributed by atoms with van der Waals surface area (Å²) in [6, 6.07) is 3.53. The van der Waals surface area contributed by atoms with E-state index < -0.39 is 0 Å². The first-order valence-corrected chi connectivity index (χ1v) is 7.43. The SMILES string of the molecule is CCCOc1ccc(CNC(=O)NCCCOCC)cn1. The van der Waals surface area contributed by atoms with Crippen LogP contribution in [0.3, 0.4) is 0 Å². The first kappa shape index (κ1) is 17.2. The van der Waals surface area contributed by atoms with Crippen LogP contribution in [-0.4, -0.2) is 37.4 Å². The molecule has 0 bridgehead atoms. The third kappa shape index (κ3) is 8.14. The van der Waals surface area contributed by atoms with Gasteiger partial charge >= 0.3 is 6.03 Å². The number of nitrogens with zero attached hydrogens (tertiary/aromatic N) is 1. The topological polar surface area (TPSA) is 72.5 Å². The third-order valence-corrected chi connectivity index (χ3v) is 2.66. The molecule has 0 aromatic carbocycles. The summed E-state index contributed by atoms with van der Waals surface area (Å²) in [5.74, 6) is 0.612. The molecule has 6 nitrogen and oxygen atoms in total. The van der Waals surface area contributed by atoms with Gasteiger partial charge < -0.3 is 20.1 Å². The molecule has 6 heteroatoms. The van der Waals surface area contributed by atoms with Gasteiger partial charge in [-0.1, -0.05) is 13.0 Å². The lowest BCUT2D eigenvalue weighted by Gasteiger charge is -2.08. The Kier molecular flexibility index (Phi) is 8.95. The van der Waals surface area contributed by atoms with Gasteiger partial charge in [0.05, 0.1) is 6.61 Å². The number of aromatic nitrogens is 1. The molecule has 118 valence electrons. The molecule has 0 atom stereocenters. The Labute approximate surface area is 126 Å². The van der Waals surface area contributed by atoms with Crippen LogP contribution in [0.15, 0.2) is 18.3 Å². The summed E-state index contributed by atoms with van der Waals surface area (Å²) in [6.45, 7) is 7.08. The summed E-state index contributed by atoms with van der Waals surface area (Å²) in [7, 11) is 0. The highest BCUT2D eigenvalue weighted by atomic mass is 16.5. The predicted octanol–water partition coefficient (Wildman–Crippen LogP) is 2.10. The van der Waals surface area contributed by atoms with Gasteiger partial charge in [0, 0.05) is 38.6 Å². The summed E-state index contributed by atoms with van der Waals surface area (Å²) in [5.41, 5.74) is 0.934. The van der Waals surface area contributed by atoms with Gasteiger partial charge in [-0.25, -0.2) is 9.78 Å². The molecule has 2 amide bonds. The van der Waals surface area contributed by atoms with Gasteiger partial charge in [-0.15, -0.1) is 0 Å². The first-order valence-electron chi connectivity index (χ1n) is 7.43. The molecule has 0 aliphatic heterocycles. The van der Waals surface area contributed by atoms with Crippen molar-refractivity contribution in [2.24, 2.45) is 0 Å². The van der Waals surface area contributed by atoms with Crippen LogP contribution in [0.25, 0.3) is 0 Å². The maximum absolute atomic E-state index is 11.5. The van der Waals surface area contributed by atoms with E-state index in [1.54, 1.807) is 6.20 Å². The number of carbonyl (C=O) groups is 1. The Morgan fingerprint density at radius 3 is 2.76 bits per heavy atom. The number of urea groups is 1. The fourth-order valence-electron chi connectivity index (χ4n) is 1.57. The maximum Gasteiger partial charge on any atom is 0.315 e. The van der Waals surface area contributed by atoms with Gasteiger partial charge in [0.1, 0.15) is 0 Å². The molecule has 1 rings (SSSR count). The molecule has 0 fully saturated rings. The molecule has 1 aromatic heterocycles. The minimum atomic E-state index is -0.183. The van der Waals surface area contributed by atoms with Gasteiger partial charge in [-0.3, -0.25) is 0 Å². The quantitative estimate of drug-likeness (QED) is 0.648. The van der Waals surface area contributed by atoms with Crippen molar-refractivity contribution in [3.8, 4) is 5.88 Å². The van der Waals surface area contributed by atoms with E-state index in [9.17, 15) is 4.79 Å². The Bertz CT molecular complexity index is 396. The standard InChI is InChI=1S/C15H25N3O3/c1-3-9-21-14-7-6-13(11-17-14)12-18-15(19)16-8-5-10-20-4-2/h6-7,11H,3-5,8-10,12H2,1-2H3,(H2,16,18,19). The zero-order valence-corrected chi connectivity index (χ0v) is 12.9. The van der Waals surface area contributed by atoms with E-state index in [2.05, 4.69) is 15.6 Å². The van der Waals surface area contributed by atoms with Crippen LogP contribution in [-0.2, 0) is 11.3 Å². The molecule has 2 N–H and O–H groups in total. The molecule has 1 aromatic rings. The number of rotatable bonds is 10. The second-order valence-electron chi connectivity index (χ2n) is 4.51. The van der Waals surface area contributed by atoms with Crippen LogP contribution in [0, 0.1) is 0 Å². The van der Waals surface area contributed by atoms with Crippen LogP contribution < -0.4 is 15.4 Å². The van der Waals surface area contributed by atoms with E-state index in [1.165, 1.54) is 0 Å². The van der Waals surface area contributed by atoms with Crippen molar-refractivity contribution in [2.75, 3.05) is 26.4 Å². The monoisotopic (exact) mass is 295 g/mol. The van der Waals surface area contributed by atoms with Crippen molar-refractivity contribution in [1.82, 2.24) is 15.6 Å². The number of carbonyl (C=O) groups excluding carboxylic acids is 1. The maximum atomic E-state index is 11.5. The number of nitrogens with one attached hydrogen (secondary N) is 2. The van der Waals surface area contributed by atoms with Crippen molar-refractivity contribution in [2.45, 2.75) is 33.2 Å². The molecule has 0 saturated carbocycles. The average molecular weight is 295 g/mol. The van der Waals surface area contributed by atoms with Crippen molar-refractivity contribution in [3.05, 3.63) is 23.9 Å². The molecular formula is C15H25N3O3. The second-order valence-corrected chi connectivity index (χ2v) is 4.51. The lowest BCUT2D eigenvalue weighted by Crippen LogP contribution is -2.35. The Balaban J connectivity index is 2.17. The van der Waals surface area contributed by atoms with Crippen LogP contribution in [0.5, 0.6) is 5.88 Å². The Morgan fingerprint density at radius 1 is 1.24 bits per heavy atom. The van der Waals surface area contributed by atoms with Gasteiger partial charge in [0.15, 0.2) is 0 Å². The molecule has 0 unspecified atom stereocenters. The molecule has 0 aliphatic carbocycles. The summed E-state index contributed by atoms with van der Waals surface area (Å²) in [4.78, 5) is 15.7. The largest absolute Gasteiger partial charge is 0.478 e. The van der Waals surface area contributed by atoms with E-state index in [0.29, 0.717) is 38.8 Å². The Morgan fingerprint density at radius 2 is 2.10 bits per heavy atom. The molecule has 0 saturated heterocycles. The summed E-state index contributed by atoms with van der Waals surface area (Å²) in [6.07, 6.45) is 3.47. The molecular weight excluding hydrogens is 270 g/mol. The number of hydrogen-bond donors (Lipinski definition) is 2. The summed E-state index contributed by atoms with van der Waals surface area (Å²) >= 11 is 0. The predicted molar refractivity (Wildman–Crippen MR) is 81.4 cm³/mol. The smallest absolute Gasteiger partial charge is 0.315 e. The highest BCUT2D eigenvalue weighted by Gasteiger charge is 2.01. The molecule has 0 spiro atoms. The Hall–Kier alpha value is -1.82. The average Bonchev–Trinajstić information content (AvgIpc) is 2.51. The fraction of sp³-hybridized carbons (Fsp3) is 0.600. The first-order chi connectivity index (χ1) is 10.3. The van der Waals surface area contributed by atoms with Crippen molar-refractivity contribution in [1.29, 1.82) is 0 Å². The van der Waals surface area contributed by atoms with E-state index in [0.717, 1.165) is 18.4 Å². The van der Waals surface area contributed by atoms with E-state index in [4.69, 9.17) is 9.47 Å². The number of pyridine rings is 1. The lowest BCUT2D eigenvalue weighted by atomic mass is 10.3. The third-order valence-electron chi connectivity index (χ3n) is 2.66. The van der Waals surface area contributed by atoms with Crippen LogP contribution >= 0.6 is 0 Å². The fourth-order valence-corrected chi connectivity index (χ4v) is 1.57. The minimum Gasteiger partial charge on any atom is -0.478 e. The minimum absolute atomic E-state index is 0.183. The summed E-state index contributed by atoms with van der Waals surface area (Å²) < 4.78 is 10.6. The number of amides is 2. The summed E-state index contributed by atoms with van der Waals surface area (Å²) in [5, 5.41) is 5.56. The van der Waals surface area contributed by atoms with E-state index >= 15 is 0 Å². The van der Waals surface area contributed by atoms with Crippen molar-refractivity contribution >= 4 is 6.03 Å². The van der Waals surface area contributed by atoms with Gasteiger partial charge in [0.2, 0.25) is 5.88 Å². The zero-order chi connectivity index (χ0) is 15.3. The lowest BCUT2D eigenvalue weighted by molar-refractivity contribution is 0.145. The van der Waals surface area contributed by atoms with Crippen molar-refractivity contribution in [3.63, 3.8) is 0 Å². The van der Waals surface area contributed by atoms with E-state index in [-0.39, 0.29) is 6.03 Å². The zero-order valence-electron chi connectivity index (χ0n) is 12.9. The van der Waals surface area contributed by atoms with Gasteiger partial charge in [-0.2, -0.15) is 0 Å². The molecule has 1 heterocycles. The highest BCUT2D eigenvalue weighted by molar-refractivity contribution is 5.73. The molecule has 21 heavy (non-hydrogen) atoms. The molecule has 0 radical (unpaired) electrons. The van der Waals surface area contributed by atoms with E-state index in [1.807, 2.05) is 26.0 Å².